The van der Waals surface area contributed by atoms with Crippen LogP contribution in [0, 0.1) is 10.1 Å². The highest BCUT2D eigenvalue weighted by atomic mass is 16.6. The molecule has 0 unspecified atom stereocenters. The first-order chi connectivity index (χ1) is 13.4. The van der Waals surface area contributed by atoms with Gasteiger partial charge in [0.25, 0.3) is 0 Å². The predicted octanol–water partition coefficient (Wildman–Crippen LogP) is 2.90. The summed E-state index contributed by atoms with van der Waals surface area (Å²) in [7, 11) is 1.31. The topological polar surface area (TPSA) is 112 Å². The van der Waals surface area contributed by atoms with Gasteiger partial charge in [0.15, 0.2) is 0 Å². The summed E-state index contributed by atoms with van der Waals surface area (Å²) in [6.07, 6.45) is 2.03. The third-order valence-electron chi connectivity index (χ3n) is 5.50. The summed E-state index contributed by atoms with van der Waals surface area (Å²) in [4.78, 5) is 38.8. The number of carbonyl (C=O) groups excluding carboxylic acids is 2. The molecule has 8 heteroatoms. The van der Waals surface area contributed by atoms with Gasteiger partial charge in [0.05, 0.1) is 7.11 Å². The Balaban J connectivity index is 2.23. The van der Waals surface area contributed by atoms with E-state index in [0.717, 1.165) is 23.7 Å². The molecule has 0 bridgehead atoms. The first kappa shape index (κ1) is 19.9. The first-order valence-electron chi connectivity index (χ1n) is 9.37. The van der Waals surface area contributed by atoms with Crippen molar-refractivity contribution in [3.8, 4) is 0 Å². The van der Waals surface area contributed by atoms with E-state index in [4.69, 9.17) is 9.47 Å². The van der Waals surface area contributed by atoms with Gasteiger partial charge >= 0.3 is 11.9 Å². The van der Waals surface area contributed by atoms with Crippen molar-refractivity contribution < 1.29 is 24.0 Å². The number of para-hydroxylation sites is 1. The van der Waals surface area contributed by atoms with Crippen LogP contribution in [-0.4, -0.2) is 41.6 Å². The van der Waals surface area contributed by atoms with E-state index in [2.05, 4.69) is 4.98 Å². The van der Waals surface area contributed by atoms with Crippen LogP contribution in [0.3, 0.4) is 0 Å². The molecule has 0 amide bonds. The molecule has 3 rings (SSSR count). The summed E-state index contributed by atoms with van der Waals surface area (Å²) in [5.74, 6) is -0.963. The standard InChI is InChI=1S/C20H24N2O6/c1-13(23)28-17-9-5-6-11-20(17,19(24)27-2)18-15(10-12-22(25)26)14-7-3-4-8-16(14)21-18/h3-4,7-8,17,21H,5-6,9-12H2,1-2H3/t17-,20+/m0/s1. The molecule has 2 atom stereocenters. The van der Waals surface area contributed by atoms with Crippen molar-refractivity contribution in [1.29, 1.82) is 0 Å². The van der Waals surface area contributed by atoms with Gasteiger partial charge in [-0.3, -0.25) is 19.7 Å². The minimum Gasteiger partial charge on any atom is -0.468 e. The number of nitrogens with one attached hydrogen (secondary N) is 1. The fourth-order valence-electron chi connectivity index (χ4n) is 4.35. The zero-order chi connectivity index (χ0) is 20.3. The molecule has 1 aliphatic carbocycles. The van der Waals surface area contributed by atoms with Gasteiger partial charge in [-0.15, -0.1) is 0 Å². The number of fused-ring (bicyclic) bond motifs is 1. The van der Waals surface area contributed by atoms with Crippen LogP contribution >= 0.6 is 0 Å². The van der Waals surface area contributed by atoms with E-state index in [1.165, 1.54) is 14.0 Å². The van der Waals surface area contributed by atoms with E-state index in [0.29, 0.717) is 24.1 Å². The second-order valence-electron chi connectivity index (χ2n) is 7.14. The van der Waals surface area contributed by atoms with Gasteiger partial charge in [-0.1, -0.05) is 24.6 Å². The SMILES string of the molecule is COC(=O)[C@]1(c2[nH]c3ccccc3c2CC[N+](=O)[O-])CCCC[C@@H]1OC(C)=O. The second-order valence-corrected chi connectivity index (χ2v) is 7.14. The Morgan fingerprint density at radius 2 is 2.07 bits per heavy atom. The highest BCUT2D eigenvalue weighted by Gasteiger charge is 2.53. The summed E-state index contributed by atoms with van der Waals surface area (Å²) in [6.45, 7) is 1.06. The molecule has 150 valence electrons. The number of nitrogens with zero attached hydrogens (tertiary/aromatic N) is 1. The number of methoxy groups -OCH3 is 1. The fourth-order valence-corrected chi connectivity index (χ4v) is 4.35. The molecular formula is C20H24N2O6. The maximum atomic E-state index is 13.1. The van der Waals surface area contributed by atoms with Crippen LogP contribution in [0.1, 0.15) is 43.9 Å². The average Bonchev–Trinajstić information content (AvgIpc) is 3.04. The molecule has 1 saturated carbocycles. The lowest BCUT2D eigenvalue weighted by Crippen LogP contribution is -2.52. The second kappa shape index (κ2) is 8.00. The molecule has 8 nitrogen and oxygen atoms in total. The molecule has 28 heavy (non-hydrogen) atoms. The molecule has 1 heterocycles. The summed E-state index contributed by atoms with van der Waals surface area (Å²) < 4.78 is 10.7. The summed E-state index contributed by atoms with van der Waals surface area (Å²) in [5.41, 5.74) is 0.847. The third-order valence-corrected chi connectivity index (χ3v) is 5.50. The zero-order valence-corrected chi connectivity index (χ0v) is 16.0. The molecule has 1 aromatic carbocycles. The van der Waals surface area contributed by atoms with Gasteiger partial charge in [-0.2, -0.15) is 0 Å². The quantitative estimate of drug-likeness (QED) is 0.463. The molecule has 1 aliphatic rings. The smallest absolute Gasteiger partial charge is 0.321 e. The lowest BCUT2D eigenvalue weighted by molar-refractivity contribution is -0.479. The third kappa shape index (κ3) is 3.46. The van der Waals surface area contributed by atoms with Crippen LogP contribution in [0.4, 0.5) is 0 Å². The Hall–Kier alpha value is -2.90. The largest absolute Gasteiger partial charge is 0.468 e. The molecule has 0 spiro atoms. The lowest BCUT2D eigenvalue weighted by atomic mass is 9.68. The Morgan fingerprint density at radius 3 is 2.75 bits per heavy atom. The van der Waals surface area contributed by atoms with Crippen molar-refractivity contribution >= 4 is 22.8 Å². The summed E-state index contributed by atoms with van der Waals surface area (Å²) in [5, 5.41) is 11.9. The zero-order valence-electron chi connectivity index (χ0n) is 16.0. The van der Waals surface area contributed by atoms with E-state index in [1.807, 2.05) is 24.3 Å². The number of carbonyl (C=O) groups is 2. The van der Waals surface area contributed by atoms with Crippen molar-refractivity contribution in [3.05, 3.63) is 45.6 Å². The average molecular weight is 388 g/mol. The van der Waals surface area contributed by atoms with Crippen molar-refractivity contribution in [3.63, 3.8) is 0 Å². The van der Waals surface area contributed by atoms with Crippen molar-refractivity contribution in [1.82, 2.24) is 4.98 Å². The van der Waals surface area contributed by atoms with Crippen molar-refractivity contribution in [2.75, 3.05) is 13.7 Å². The van der Waals surface area contributed by atoms with Gasteiger partial charge in [0.2, 0.25) is 6.54 Å². The predicted molar refractivity (Wildman–Crippen MR) is 102 cm³/mol. The van der Waals surface area contributed by atoms with Gasteiger partial charge in [-0.25, -0.2) is 0 Å². The first-order valence-corrected chi connectivity index (χ1v) is 9.37. The number of esters is 2. The number of nitro groups is 1. The van der Waals surface area contributed by atoms with Crippen LogP contribution in [-0.2, 0) is 30.9 Å². The molecule has 0 radical (unpaired) electrons. The molecule has 0 aliphatic heterocycles. The lowest BCUT2D eigenvalue weighted by Gasteiger charge is -2.40. The van der Waals surface area contributed by atoms with Crippen molar-refractivity contribution in [2.45, 2.75) is 50.5 Å². The van der Waals surface area contributed by atoms with E-state index in [1.54, 1.807) is 0 Å². The van der Waals surface area contributed by atoms with Crippen LogP contribution in [0.25, 0.3) is 10.9 Å². The number of hydrogen-bond acceptors (Lipinski definition) is 6. The van der Waals surface area contributed by atoms with Gasteiger partial charge in [0, 0.05) is 34.9 Å². The summed E-state index contributed by atoms with van der Waals surface area (Å²) in [6, 6.07) is 7.45. The number of ether oxygens (including phenoxy) is 2. The minimum absolute atomic E-state index is 0.165. The molecule has 1 aromatic heterocycles. The normalized spacial score (nSPS) is 22.0. The molecule has 1 N–H and O–H groups in total. The minimum atomic E-state index is -1.20. The number of benzene rings is 1. The number of aromatic nitrogens is 1. The monoisotopic (exact) mass is 388 g/mol. The number of H-pyrrole nitrogens is 1. The molecule has 2 aromatic rings. The van der Waals surface area contributed by atoms with Crippen LogP contribution < -0.4 is 0 Å². The number of aromatic amines is 1. The highest BCUT2D eigenvalue weighted by molar-refractivity contribution is 5.91. The Labute approximate surface area is 162 Å². The van der Waals surface area contributed by atoms with E-state index in [-0.39, 0.29) is 17.9 Å². The van der Waals surface area contributed by atoms with Gasteiger partial charge < -0.3 is 14.5 Å². The van der Waals surface area contributed by atoms with Gasteiger partial charge in [-0.05, 0) is 30.9 Å². The maximum absolute atomic E-state index is 13.1. The Kier molecular flexibility index (Phi) is 5.67. The van der Waals surface area contributed by atoms with E-state index in [9.17, 15) is 19.7 Å². The van der Waals surface area contributed by atoms with Crippen LogP contribution in [0.5, 0.6) is 0 Å². The van der Waals surface area contributed by atoms with Crippen LogP contribution in [0.15, 0.2) is 24.3 Å². The fraction of sp³-hybridized carbons (Fsp3) is 0.500. The highest BCUT2D eigenvalue weighted by Crippen LogP contribution is 2.45. The molecule has 1 fully saturated rings. The van der Waals surface area contributed by atoms with Crippen molar-refractivity contribution in [2.24, 2.45) is 0 Å². The Morgan fingerprint density at radius 1 is 1.32 bits per heavy atom. The number of rotatable bonds is 6. The maximum Gasteiger partial charge on any atom is 0.321 e. The van der Waals surface area contributed by atoms with E-state index < -0.39 is 23.5 Å². The molecular weight excluding hydrogens is 364 g/mol. The number of hydrogen-bond donors (Lipinski definition) is 1. The Bertz CT molecular complexity index is 905. The summed E-state index contributed by atoms with van der Waals surface area (Å²) >= 11 is 0. The van der Waals surface area contributed by atoms with E-state index >= 15 is 0 Å². The molecule has 0 saturated heterocycles. The van der Waals surface area contributed by atoms with Gasteiger partial charge in [0.1, 0.15) is 11.5 Å². The van der Waals surface area contributed by atoms with Crippen LogP contribution in [0.2, 0.25) is 0 Å².